The fourth-order valence-corrected chi connectivity index (χ4v) is 14.7. The maximum absolute atomic E-state index is 6.61. The van der Waals surface area contributed by atoms with Crippen LogP contribution in [-0.4, -0.2) is 9.13 Å². The smallest absolute Gasteiger partial charge is 0.159 e. The Hall–Kier alpha value is -7.74. The number of hydrogen-bond acceptors (Lipinski definition) is 4. The predicted molar refractivity (Wildman–Crippen MR) is 287 cm³/mol. The van der Waals surface area contributed by atoms with E-state index in [-0.39, 0.29) is 0 Å². The number of hydrogen-bond donors (Lipinski definition) is 0. The second kappa shape index (κ2) is 13.0. The van der Waals surface area contributed by atoms with Gasteiger partial charge in [-0.1, -0.05) is 115 Å². The van der Waals surface area contributed by atoms with Crippen LogP contribution in [-0.2, 0) is 0 Å². The van der Waals surface area contributed by atoms with Crippen molar-refractivity contribution in [3.05, 3.63) is 194 Å². The number of benzene rings is 10. The summed E-state index contributed by atoms with van der Waals surface area (Å²) < 4.78 is 19.4. The van der Waals surface area contributed by atoms with Crippen LogP contribution >= 0.6 is 34.0 Å². The summed E-state index contributed by atoms with van der Waals surface area (Å²) in [5.41, 5.74) is 11.3. The van der Waals surface area contributed by atoms with Crippen LogP contribution in [0.5, 0.6) is 0 Å². The fraction of sp³-hybridized carbons (Fsp3) is 0. The SMILES string of the molecule is c1ccc2c(c1)oc1c(-n3c4ccccc4c4c5sc6ccc(-c7ccc8c9cc%10c(cc9n(-c9ccc%11c(c9)sc9ccccc9%11)c8c7)sc7ccccc7%10)cc6c5ccc43)cccc12. The predicted octanol–water partition coefficient (Wildman–Crippen LogP) is 18.6. The van der Waals surface area contributed by atoms with Gasteiger partial charge < -0.3 is 13.6 Å². The molecule has 0 amide bonds. The zero-order valence-corrected chi connectivity index (χ0v) is 37.5. The highest BCUT2D eigenvalue weighted by atomic mass is 32.1. The summed E-state index contributed by atoms with van der Waals surface area (Å²) in [6, 6.07) is 72.1. The maximum atomic E-state index is 6.61. The van der Waals surface area contributed by atoms with E-state index in [9.17, 15) is 0 Å². The second-order valence-electron chi connectivity index (χ2n) is 17.6. The van der Waals surface area contributed by atoms with Crippen LogP contribution in [0.2, 0.25) is 0 Å². The molecule has 0 atom stereocenters. The van der Waals surface area contributed by atoms with E-state index in [1.54, 1.807) is 0 Å². The molecule has 0 spiro atoms. The van der Waals surface area contributed by atoms with Crippen molar-refractivity contribution in [2.45, 2.75) is 0 Å². The summed E-state index contributed by atoms with van der Waals surface area (Å²) in [6.07, 6.45) is 0. The summed E-state index contributed by atoms with van der Waals surface area (Å²) >= 11 is 5.66. The van der Waals surface area contributed by atoms with E-state index in [4.69, 9.17) is 4.42 Å². The molecule has 0 fully saturated rings. The molecule has 0 N–H and O–H groups in total. The van der Waals surface area contributed by atoms with Crippen LogP contribution in [0.1, 0.15) is 0 Å². The molecule has 0 aliphatic heterocycles. The van der Waals surface area contributed by atoms with Crippen molar-refractivity contribution in [1.82, 2.24) is 9.13 Å². The number of thiophene rings is 3. The number of rotatable bonds is 3. The van der Waals surface area contributed by atoms with Gasteiger partial charge >= 0.3 is 0 Å². The van der Waals surface area contributed by atoms with Gasteiger partial charge in [0.1, 0.15) is 5.58 Å². The Bertz CT molecular complexity index is 4780. The zero-order chi connectivity index (χ0) is 42.8. The van der Waals surface area contributed by atoms with Gasteiger partial charge in [0.25, 0.3) is 0 Å². The number of nitrogens with zero attached hydrogens (tertiary/aromatic N) is 2. The lowest BCUT2D eigenvalue weighted by Gasteiger charge is -2.10. The first kappa shape index (κ1) is 35.6. The fourth-order valence-electron chi connectivity index (χ4n) is 11.2. The topological polar surface area (TPSA) is 23.0 Å². The quantitative estimate of drug-likeness (QED) is 0.173. The van der Waals surface area contributed by atoms with E-state index in [0.717, 1.165) is 27.6 Å². The molecule has 6 heteroatoms. The Labute approximate surface area is 387 Å². The van der Waals surface area contributed by atoms with Crippen LogP contribution in [0.3, 0.4) is 0 Å². The van der Waals surface area contributed by atoms with Gasteiger partial charge in [0.15, 0.2) is 5.58 Å². The molecule has 66 heavy (non-hydrogen) atoms. The summed E-state index contributed by atoms with van der Waals surface area (Å²) in [4.78, 5) is 0. The van der Waals surface area contributed by atoms with E-state index in [1.165, 1.54) is 121 Å². The Balaban J connectivity index is 0.907. The molecule has 0 saturated carbocycles. The van der Waals surface area contributed by atoms with Crippen molar-refractivity contribution >= 4 is 160 Å². The van der Waals surface area contributed by atoms with Gasteiger partial charge in [0, 0.05) is 98.5 Å². The summed E-state index contributed by atoms with van der Waals surface area (Å²) in [5.74, 6) is 0. The summed E-state index contributed by atoms with van der Waals surface area (Å²) in [5, 5.41) is 15.2. The molecule has 16 aromatic rings. The second-order valence-corrected chi connectivity index (χ2v) is 20.8. The molecule has 0 saturated heterocycles. The van der Waals surface area contributed by atoms with Gasteiger partial charge in [-0.25, -0.2) is 0 Å². The van der Waals surface area contributed by atoms with Gasteiger partial charge in [-0.2, -0.15) is 0 Å². The highest BCUT2D eigenvalue weighted by molar-refractivity contribution is 7.27. The van der Waals surface area contributed by atoms with E-state index in [2.05, 4.69) is 197 Å². The Morgan fingerprint density at radius 1 is 0.318 bits per heavy atom. The van der Waals surface area contributed by atoms with Gasteiger partial charge in [-0.15, -0.1) is 34.0 Å². The molecule has 0 unspecified atom stereocenters. The molecular formula is C60H32N2OS3. The largest absolute Gasteiger partial charge is 0.454 e. The van der Waals surface area contributed by atoms with E-state index >= 15 is 0 Å². The third-order valence-electron chi connectivity index (χ3n) is 14.1. The third-order valence-corrected chi connectivity index (χ3v) is 17.6. The minimum Gasteiger partial charge on any atom is -0.454 e. The van der Waals surface area contributed by atoms with E-state index in [1.807, 2.05) is 40.1 Å². The van der Waals surface area contributed by atoms with Crippen LogP contribution in [0, 0.1) is 0 Å². The Morgan fingerprint density at radius 2 is 0.955 bits per heavy atom. The van der Waals surface area contributed by atoms with Crippen LogP contribution in [0.15, 0.2) is 199 Å². The lowest BCUT2D eigenvalue weighted by molar-refractivity contribution is 0.666. The molecular weight excluding hydrogens is 861 g/mol. The van der Waals surface area contributed by atoms with Crippen LogP contribution < -0.4 is 0 Å². The Kier molecular flexibility index (Phi) is 6.99. The van der Waals surface area contributed by atoms with Gasteiger partial charge in [0.05, 0.1) is 27.8 Å². The average Bonchev–Trinajstić information content (AvgIpc) is 4.21. The monoisotopic (exact) mass is 892 g/mol. The van der Waals surface area contributed by atoms with Crippen molar-refractivity contribution in [3.63, 3.8) is 0 Å². The minimum absolute atomic E-state index is 0.909. The maximum Gasteiger partial charge on any atom is 0.159 e. The number of furan rings is 1. The highest BCUT2D eigenvalue weighted by Gasteiger charge is 2.22. The molecule has 6 heterocycles. The highest BCUT2D eigenvalue weighted by Crippen LogP contribution is 2.47. The zero-order valence-electron chi connectivity index (χ0n) is 35.0. The first-order valence-electron chi connectivity index (χ1n) is 22.3. The van der Waals surface area contributed by atoms with Crippen molar-refractivity contribution in [3.8, 4) is 22.5 Å². The molecule has 306 valence electrons. The Morgan fingerprint density at radius 3 is 1.83 bits per heavy atom. The molecule has 0 aliphatic carbocycles. The molecule has 6 aromatic heterocycles. The van der Waals surface area contributed by atoms with E-state index < -0.39 is 0 Å². The third kappa shape index (κ3) is 4.75. The lowest BCUT2D eigenvalue weighted by atomic mass is 10.0. The lowest BCUT2D eigenvalue weighted by Crippen LogP contribution is -1.94. The van der Waals surface area contributed by atoms with Gasteiger partial charge in [0.2, 0.25) is 0 Å². The molecule has 0 radical (unpaired) electrons. The van der Waals surface area contributed by atoms with Gasteiger partial charge in [-0.3, -0.25) is 0 Å². The first-order valence-corrected chi connectivity index (χ1v) is 24.8. The van der Waals surface area contributed by atoms with Gasteiger partial charge in [-0.05, 0) is 90.0 Å². The number of aromatic nitrogens is 2. The molecule has 0 aliphatic rings. The standard InChI is InChI=1S/C60H32N2OS3/c1-5-15-47-43(13-1)58-48(62(47)49-16-9-14-41-37-10-2-6-17-52(37)63-59(41)49)26-25-42-45-28-33(21-27-55(45)66-60(42)58)34-20-23-36-44-31-46-39-12-4-8-19-54(39)65-57(46)32-51(44)61(50(36)29-34)35-22-24-40-38-11-3-7-18-53(38)64-56(40)30-35/h1-32H. The average molecular weight is 893 g/mol. The minimum atomic E-state index is 0.909. The number of para-hydroxylation sites is 3. The molecule has 0 bridgehead atoms. The normalized spacial score (nSPS) is 12.5. The first-order chi connectivity index (χ1) is 32.7. The molecule has 16 rings (SSSR count). The van der Waals surface area contributed by atoms with Crippen molar-refractivity contribution in [2.75, 3.05) is 0 Å². The molecule has 10 aromatic carbocycles. The van der Waals surface area contributed by atoms with E-state index in [0.29, 0.717) is 0 Å². The number of fused-ring (bicyclic) bond motifs is 19. The summed E-state index contributed by atoms with van der Waals surface area (Å²) in [6.45, 7) is 0. The van der Waals surface area contributed by atoms with Crippen LogP contribution in [0.4, 0.5) is 0 Å². The summed E-state index contributed by atoms with van der Waals surface area (Å²) in [7, 11) is 0. The van der Waals surface area contributed by atoms with Crippen molar-refractivity contribution in [2.24, 2.45) is 0 Å². The van der Waals surface area contributed by atoms with Crippen LogP contribution in [0.25, 0.3) is 149 Å². The van der Waals surface area contributed by atoms with Crippen molar-refractivity contribution < 1.29 is 4.42 Å². The van der Waals surface area contributed by atoms with Crippen molar-refractivity contribution in [1.29, 1.82) is 0 Å². The molecule has 3 nitrogen and oxygen atoms in total.